The quantitative estimate of drug-likeness (QED) is 0.836. The van der Waals surface area contributed by atoms with Crippen molar-refractivity contribution < 1.29 is 9.59 Å². The number of rotatable bonds is 2. The average molecular weight is 282 g/mol. The lowest BCUT2D eigenvalue weighted by atomic mass is 9.92. The van der Waals surface area contributed by atoms with E-state index in [1.807, 2.05) is 16.7 Å². The second-order valence-corrected chi connectivity index (χ2v) is 7.23. The van der Waals surface area contributed by atoms with Gasteiger partial charge in [-0.25, -0.2) is 0 Å². The fourth-order valence-corrected chi connectivity index (χ4v) is 4.67. The van der Waals surface area contributed by atoms with Gasteiger partial charge in [0.2, 0.25) is 11.8 Å². The summed E-state index contributed by atoms with van der Waals surface area (Å²) in [5.41, 5.74) is -0.549. The summed E-state index contributed by atoms with van der Waals surface area (Å²) in [5, 5.41) is 3.64. The summed E-state index contributed by atoms with van der Waals surface area (Å²) < 4.78 is 0. The minimum absolute atomic E-state index is 0.0362. The Kier molecular flexibility index (Phi) is 3.50. The van der Waals surface area contributed by atoms with E-state index in [0.29, 0.717) is 5.25 Å². The van der Waals surface area contributed by atoms with E-state index in [1.54, 1.807) is 0 Å². The van der Waals surface area contributed by atoms with E-state index in [1.165, 1.54) is 6.42 Å². The molecule has 0 aromatic carbocycles. The summed E-state index contributed by atoms with van der Waals surface area (Å²) in [6, 6.07) is 0.286. The molecule has 0 bridgehead atoms. The minimum Gasteiger partial charge on any atom is -0.340 e. The molecule has 0 radical (unpaired) electrons. The molecule has 3 aliphatic rings. The largest absolute Gasteiger partial charge is 0.340 e. The van der Waals surface area contributed by atoms with Crippen molar-refractivity contribution in [2.24, 2.45) is 0 Å². The van der Waals surface area contributed by atoms with Gasteiger partial charge in [-0.2, -0.15) is 11.8 Å². The highest BCUT2D eigenvalue weighted by Crippen LogP contribution is 2.37. The van der Waals surface area contributed by atoms with Gasteiger partial charge in [0.1, 0.15) is 5.54 Å². The van der Waals surface area contributed by atoms with Crippen molar-refractivity contribution >= 4 is 23.6 Å². The fraction of sp³-hybridized carbons (Fsp3) is 0.857. The van der Waals surface area contributed by atoms with Crippen molar-refractivity contribution in [3.63, 3.8) is 0 Å². The molecule has 3 rings (SSSR count). The lowest BCUT2D eigenvalue weighted by Crippen LogP contribution is -2.67. The maximum absolute atomic E-state index is 12.8. The Bertz CT molecular complexity index is 393. The van der Waals surface area contributed by atoms with E-state index in [0.717, 1.165) is 38.5 Å². The van der Waals surface area contributed by atoms with Gasteiger partial charge in [0, 0.05) is 11.3 Å². The first-order chi connectivity index (χ1) is 9.14. The van der Waals surface area contributed by atoms with Gasteiger partial charge in [0.25, 0.3) is 0 Å². The summed E-state index contributed by atoms with van der Waals surface area (Å²) in [5.74, 6) is 0.227. The van der Waals surface area contributed by atoms with Crippen LogP contribution in [0, 0.1) is 0 Å². The third kappa shape index (κ3) is 2.26. The molecule has 2 unspecified atom stereocenters. The van der Waals surface area contributed by atoms with Gasteiger partial charge in [-0.05, 0) is 38.4 Å². The van der Waals surface area contributed by atoms with Crippen LogP contribution in [-0.2, 0) is 9.59 Å². The zero-order valence-corrected chi connectivity index (χ0v) is 12.3. The second kappa shape index (κ2) is 5.00. The number of nitrogens with zero attached hydrogens (tertiary/aromatic N) is 1. The van der Waals surface area contributed by atoms with Crippen molar-refractivity contribution in [3.05, 3.63) is 0 Å². The summed E-state index contributed by atoms with van der Waals surface area (Å²) in [6.07, 6.45) is 9.17. The van der Waals surface area contributed by atoms with Gasteiger partial charge in [0.15, 0.2) is 0 Å². The maximum atomic E-state index is 12.8. The van der Waals surface area contributed by atoms with Crippen LogP contribution in [0.5, 0.6) is 0 Å². The minimum atomic E-state index is -0.549. The third-order valence-electron chi connectivity index (χ3n) is 4.95. The molecule has 1 spiro atoms. The lowest BCUT2D eigenvalue weighted by Gasteiger charge is -2.42. The van der Waals surface area contributed by atoms with Gasteiger partial charge in [-0.3, -0.25) is 9.59 Å². The first-order valence-electron chi connectivity index (χ1n) is 7.29. The molecule has 5 heteroatoms. The first kappa shape index (κ1) is 13.3. The van der Waals surface area contributed by atoms with Crippen LogP contribution >= 0.6 is 11.8 Å². The lowest BCUT2D eigenvalue weighted by molar-refractivity contribution is -0.152. The fourth-order valence-electron chi connectivity index (χ4n) is 3.89. The number of thioether (sulfide) groups is 1. The molecular weight excluding hydrogens is 260 g/mol. The molecule has 1 heterocycles. The van der Waals surface area contributed by atoms with Crippen LogP contribution in [0.25, 0.3) is 0 Å². The van der Waals surface area contributed by atoms with Crippen molar-refractivity contribution in [2.45, 2.75) is 61.8 Å². The highest BCUT2D eigenvalue weighted by Gasteiger charge is 2.50. The van der Waals surface area contributed by atoms with Gasteiger partial charge in [-0.15, -0.1) is 0 Å². The second-order valence-electron chi connectivity index (χ2n) is 6.10. The molecule has 3 fully saturated rings. The van der Waals surface area contributed by atoms with Crippen molar-refractivity contribution in [1.29, 1.82) is 0 Å². The van der Waals surface area contributed by atoms with Crippen LogP contribution in [0.1, 0.15) is 44.9 Å². The van der Waals surface area contributed by atoms with Crippen LogP contribution in [0.3, 0.4) is 0 Å². The topological polar surface area (TPSA) is 49.4 Å². The molecule has 1 saturated heterocycles. The summed E-state index contributed by atoms with van der Waals surface area (Å²) in [7, 11) is 0. The van der Waals surface area contributed by atoms with E-state index >= 15 is 0 Å². The van der Waals surface area contributed by atoms with E-state index in [-0.39, 0.29) is 24.4 Å². The predicted octanol–water partition coefficient (Wildman–Crippen LogP) is 1.54. The molecular formula is C14H22N2O2S. The smallest absolute Gasteiger partial charge is 0.249 e. The molecule has 2 saturated carbocycles. The van der Waals surface area contributed by atoms with Gasteiger partial charge >= 0.3 is 0 Å². The molecule has 2 atom stereocenters. The highest BCUT2D eigenvalue weighted by molar-refractivity contribution is 7.99. The molecule has 0 aromatic rings. The summed E-state index contributed by atoms with van der Waals surface area (Å²) in [6.45, 7) is 0.270. The van der Waals surface area contributed by atoms with Crippen molar-refractivity contribution in [2.75, 3.05) is 12.8 Å². The molecule has 1 aliphatic heterocycles. The molecule has 4 nitrogen and oxygen atoms in total. The zero-order chi connectivity index (χ0) is 13.5. The van der Waals surface area contributed by atoms with E-state index in [9.17, 15) is 9.59 Å². The Labute approximate surface area is 118 Å². The number of amides is 2. The molecule has 106 valence electrons. The molecule has 19 heavy (non-hydrogen) atoms. The predicted molar refractivity (Wildman–Crippen MR) is 76.0 cm³/mol. The standard InChI is InChI=1S/C14H22N2O2S/c1-19-11-5-4-10(8-11)16-9-12(17)15-14(13(16)18)6-2-3-7-14/h10-11H,2-9H2,1H3,(H,15,17). The normalized spacial score (nSPS) is 34.1. The number of piperazine rings is 1. The Morgan fingerprint density at radius 2 is 2.00 bits per heavy atom. The van der Waals surface area contributed by atoms with E-state index in [4.69, 9.17) is 0 Å². The number of nitrogens with one attached hydrogen (secondary N) is 1. The SMILES string of the molecule is CSC1CCC(N2CC(=O)NC3(CCCC3)C2=O)C1. The van der Waals surface area contributed by atoms with Crippen LogP contribution in [-0.4, -0.2) is 46.3 Å². The van der Waals surface area contributed by atoms with Gasteiger partial charge in [-0.1, -0.05) is 12.8 Å². The van der Waals surface area contributed by atoms with Crippen molar-refractivity contribution in [1.82, 2.24) is 10.2 Å². The monoisotopic (exact) mass is 282 g/mol. The van der Waals surface area contributed by atoms with Crippen molar-refractivity contribution in [3.8, 4) is 0 Å². The number of hydrogen-bond acceptors (Lipinski definition) is 3. The van der Waals surface area contributed by atoms with Crippen LogP contribution < -0.4 is 5.32 Å². The van der Waals surface area contributed by atoms with Gasteiger partial charge < -0.3 is 10.2 Å². The molecule has 1 N–H and O–H groups in total. The Morgan fingerprint density at radius 3 is 2.63 bits per heavy atom. The first-order valence-corrected chi connectivity index (χ1v) is 8.58. The van der Waals surface area contributed by atoms with Gasteiger partial charge in [0.05, 0.1) is 6.54 Å². The molecule has 0 aromatic heterocycles. The number of carbonyl (C=O) groups excluding carboxylic acids is 2. The molecule has 2 aliphatic carbocycles. The Hall–Kier alpha value is -0.710. The number of carbonyl (C=O) groups is 2. The Balaban J connectivity index is 1.77. The van der Waals surface area contributed by atoms with E-state index in [2.05, 4.69) is 11.6 Å². The summed E-state index contributed by atoms with van der Waals surface area (Å²) >= 11 is 1.89. The molecule has 2 amide bonds. The maximum Gasteiger partial charge on any atom is 0.249 e. The van der Waals surface area contributed by atoms with Crippen LogP contribution in [0.2, 0.25) is 0 Å². The van der Waals surface area contributed by atoms with Crippen LogP contribution in [0.4, 0.5) is 0 Å². The highest BCUT2D eigenvalue weighted by atomic mass is 32.2. The summed E-state index contributed by atoms with van der Waals surface area (Å²) in [4.78, 5) is 26.6. The average Bonchev–Trinajstić information content (AvgIpc) is 3.03. The Morgan fingerprint density at radius 1 is 1.26 bits per heavy atom. The van der Waals surface area contributed by atoms with Crippen LogP contribution in [0.15, 0.2) is 0 Å². The number of hydrogen-bond donors (Lipinski definition) is 1. The zero-order valence-electron chi connectivity index (χ0n) is 11.5. The van der Waals surface area contributed by atoms with E-state index < -0.39 is 5.54 Å². The third-order valence-corrected chi connectivity index (χ3v) is 6.05.